The molecule has 2 N–H and O–H groups in total. The van der Waals surface area contributed by atoms with Gasteiger partial charge in [0.2, 0.25) is 5.91 Å². The number of fused-ring (bicyclic) bond motifs is 1. The molecule has 4 amide bonds. The fourth-order valence-electron chi connectivity index (χ4n) is 4.22. The summed E-state index contributed by atoms with van der Waals surface area (Å²) in [5.41, 5.74) is 4.71. The third kappa shape index (κ3) is 3.76. The number of carbonyl (C=O) groups excluding carboxylic acids is 3. The van der Waals surface area contributed by atoms with Crippen LogP contribution in [0.4, 0.5) is 4.79 Å². The summed E-state index contributed by atoms with van der Waals surface area (Å²) >= 11 is 1.29. The van der Waals surface area contributed by atoms with E-state index in [1.54, 1.807) is 0 Å². The van der Waals surface area contributed by atoms with Gasteiger partial charge in [-0.3, -0.25) is 15.0 Å². The summed E-state index contributed by atoms with van der Waals surface area (Å²) in [7, 11) is 0. The molecule has 7 nitrogen and oxygen atoms in total. The van der Waals surface area contributed by atoms with E-state index in [0.29, 0.717) is 18.8 Å². The van der Waals surface area contributed by atoms with Gasteiger partial charge in [-0.2, -0.15) is 5.01 Å². The molecule has 1 aliphatic heterocycles. The second kappa shape index (κ2) is 7.91. The third-order valence-electron chi connectivity index (χ3n) is 6.10. The molecule has 1 spiro atoms. The quantitative estimate of drug-likeness (QED) is 0.577. The molecule has 0 unspecified atom stereocenters. The minimum atomic E-state index is -0.863. The summed E-state index contributed by atoms with van der Waals surface area (Å²) in [6.45, 7) is 6.18. The number of hydrogen-bond acceptors (Lipinski definition) is 5. The van der Waals surface area contributed by atoms with E-state index >= 15 is 0 Å². The van der Waals surface area contributed by atoms with E-state index in [1.807, 2.05) is 38.1 Å². The van der Waals surface area contributed by atoms with E-state index < -0.39 is 17.5 Å². The summed E-state index contributed by atoms with van der Waals surface area (Å²) < 4.78 is 0. The van der Waals surface area contributed by atoms with E-state index in [4.69, 9.17) is 0 Å². The number of hydrogen-bond donors (Lipinski definition) is 2. The maximum atomic E-state index is 12.8. The first-order chi connectivity index (χ1) is 14.3. The van der Waals surface area contributed by atoms with Crippen molar-refractivity contribution in [2.45, 2.75) is 57.0 Å². The first-order valence-corrected chi connectivity index (χ1v) is 11.2. The summed E-state index contributed by atoms with van der Waals surface area (Å²) in [6, 6.07) is 7.44. The van der Waals surface area contributed by atoms with Crippen LogP contribution in [0.25, 0.3) is 10.9 Å². The predicted octanol–water partition coefficient (Wildman–Crippen LogP) is 3.48. The summed E-state index contributed by atoms with van der Waals surface area (Å²) in [5.74, 6) is -0.158. The Morgan fingerprint density at radius 2 is 2.00 bits per heavy atom. The van der Waals surface area contributed by atoms with Crippen molar-refractivity contribution in [3.63, 3.8) is 0 Å². The number of benzene rings is 1. The fourth-order valence-corrected chi connectivity index (χ4v) is 4.98. The molecule has 1 aromatic heterocycles. The number of hydrazine groups is 1. The number of aryl methyl sites for hydroxylation is 2. The minimum Gasteiger partial charge on any atom is -0.322 e. The van der Waals surface area contributed by atoms with Gasteiger partial charge in [-0.05, 0) is 62.6 Å². The number of thioether (sulfide) groups is 1. The zero-order valence-corrected chi connectivity index (χ0v) is 18.3. The maximum Gasteiger partial charge on any atom is 0.344 e. The van der Waals surface area contributed by atoms with Gasteiger partial charge in [0.25, 0.3) is 5.91 Å². The Bertz CT molecular complexity index is 1030. The Balaban J connectivity index is 1.41. The van der Waals surface area contributed by atoms with Crippen molar-refractivity contribution in [3.8, 4) is 0 Å². The first-order valence-electron chi connectivity index (χ1n) is 10.2. The van der Waals surface area contributed by atoms with E-state index in [-0.39, 0.29) is 11.7 Å². The van der Waals surface area contributed by atoms with Gasteiger partial charge in [-0.15, -0.1) is 0 Å². The highest BCUT2D eigenvalue weighted by Gasteiger charge is 2.52. The van der Waals surface area contributed by atoms with Gasteiger partial charge >= 0.3 is 6.03 Å². The number of pyridine rings is 1. The minimum absolute atomic E-state index is 0.0604. The zero-order chi connectivity index (χ0) is 21.5. The lowest BCUT2D eigenvalue weighted by atomic mass is 9.77. The van der Waals surface area contributed by atoms with Crippen molar-refractivity contribution in [1.29, 1.82) is 0 Å². The summed E-state index contributed by atoms with van der Waals surface area (Å²) in [4.78, 5) is 42.3. The molecule has 1 saturated heterocycles. The Hall–Kier alpha value is -2.61. The number of para-hydroxylation sites is 1. The number of nitrogens with one attached hydrogen (secondary N) is 2. The predicted molar refractivity (Wildman–Crippen MR) is 116 cm³/mol. The van der Waals surface area contributed by atoms with Crippen molar-refractivity contribution < 1.29 is 14.4 Å². The number of carbonyl (C=O) groups is 3. The number of imide groups is 1. The molecule has 158 valence electrons. The highest BCUT2D eigenvalue weighted by atomic mass is 32.2. The molecule has 2 fully saturated rings. The number of urea groups is 1. The molecule has 2 aromatic rings. The number of nitrogens with zero attached hydrogens (tertiary/aromatic N) is 2. The molecule has 0 radical (unpaired) electrons. The maximum absolute atomic E-state index is 12.8. The lowest BCUT2D eigenvalue weighted by Gasteiger charge is -2.33. The number of rotatable bonds is 4. The largest absolute Gasteiger partial charge is 0.344 e. The highest BCUT2D eigenvalue weighted by Crippen LogP contribution is 2.35. The third-order valence-corrected chi connectivity index (χ3v) is 7.01. The van der Waals surface area contributed by atoms with Gasteiger partial charge in [0, 0.05) is 5.39 Å². The van der Waals surface area contributed by atoms with E-state index in [1.165, 1.54) is 11.8 Å². The van der Waals surface area contributed by atoms with Crippen molar-refractivity contribution >= 4 is 40.5 Å². The van der Waals surface area contributed by atoms with Crippen LogP contribution in [0, 0.1) is 19.8 Å². The molecular formula is C22H26N4O3S. The second-order valence-corrected chi connectivity index (χ2v) is 9.40. The van der Waals surface area contributed by atoms with Crippen molar-refractivity contribution in [1.82, 2.24) is 20.7 Å². The standard InChI is InChI=1S/C22H26N4O3S/c1-13-7-9-22(10-8-13)20(28)26(21(29)24-22)25-17(27)12-30-18-11-15(3)16-6-4-5-14(2)19(16)23-18/h4-6,11,13H,7-10,12H2,1-3H3,(H,24,29)(H,25,27). The molecular weight excluding hydrogens is 400 g/mol. The van der Waals surface area contributed by atoms with Gasteiger partial charge < -0.3 is 5.32 Å². The fraction of sp³-hybridized carbons (Fsp3) is 0.455. The van der Waals surface area contributed by atoms with Crippen LogP contribution in [-0.4, -0.2) is 39.1 Å². The monoisotopic (exact) mass is 426 g/mol. The first kappa shape index (κ1) is 20.7. The lowest BCUT2D eigenvalue weighted by molar-refractivity contribution is -0.139. The van der Waals surface area contributed by atoms with Gasteiger partial charge in [-0.1, -0.05) is 36.9 Å². The Labute approximate surface area is 180 Å². The van der Waals surface area contributed by atoms with Gasteiger partial charge in [-0.25, -0.2) is 9.78 Å². The molecule has 30 heavy (non-hydrogen) atoms. The SMILES string of the molecule is Cc1cc(SCC(=O)NN2C(=O)NC3(CCC(C)CC3)C2=O)nc2c(C)cccc12. The average molecular weight is 427 g/mol. The zero-order valence-electron chi connectivity index (χ0n) is 17.4. The van der Waals surface area contributed by atoms with Crippen LogP contribution in [0.5, 0.6) is 0 Å². The Kier molecular flexibility index (Phi) is 5.44. The van der Waals surface area contributed by atoms with Crippen molar-refractivity contribution in [2.75, 3.05) is 5.75 Å². The van der Waals surface area contributed by atoms with E-state index in [9.17, 15) is 14.4 Å². The van der Waals surface area contributed by atoms with Gasteiger partial charge in [0.05, 0.1) is 16.3 Å². The van der Waals surface area contributed by atoms with E-state index in [0.717, 1.165) is 44.9 Å². The summed E-state index contributed by atoms with van der Waals surface area (Å²) in [6.07, 6.45) is 2.99. The Morgan fingerprint density at radius 1 is 1.27 bits per heavy atom. The smallest absolute Gasteiger partial charge is 0.322 e. The molecule has 1 saturated carbocycles. The lowest BCUT2D eigenvalue weighted by Crippen LogP contribution is -2.51. The highest BCUT2D eigenvalue weighted by molar-refractivity contribution is 7.99. The van der Waals surface area contributed by atoms with Crippen LogP contribution in [0.15, 0.2) is 29.3 Å². The molecule has 1 aliphatic carbocycles. The van der Waals surface area contributed by atoms with Crippen LogP contribution in [0.2, 0.25) is 0 Å². The van der Waals surface area contributed by atoms with Crippen LogP contribution in [0.3, 0.4) is 0 Å². The topological polar surface area (TPSA) is 91.4 Å². The molecule has 0 atom stereocenters. The van der Waals surface area contributed by atoms with Crippen molar-refractivity contribution in [2.24, 2.45) is 5.92 Å². The van der Waals surface area contributed by atoms with Crippen LogP contribution in [0.1, 0.15) is 43.7 Å². The number of aromatic nitrogens is 1. The molecule has 2 heterocycles. The van der Waals surface area contributed by atoms with Crippen LogP contribution < -0.4 is 10.7 Å². The van der Waals surface area contributed by atoms with Gasteiger partial charge in [0.15, 0.2) is 0 Å². The van der Waals surface area contributed by atoms with Crippen LogP contribution >= 0.6 is 11.8 Å². The average Bonchev–Trinajstić information content (AvgIpc) is 2.94. The van der Waals surface area contributed by atoms with Crippen LogP contribution in [-0.2, 0) is 9.59 Å². The van der Waals surface area contributed by atoms with E-state index in [2.05, 4.69) is 22.7 Å². The molecule has 1 aromatic carbocycles. The van der Waals surface area contributed by atoms with Crippen molar-refractivity contribution in [3.05, 3.63) is 35.4 Å². The normalized spacial score (nSPS) is 23.8. The second-order valence-electron chi connectivity index (χ2n) is 8.41. The molecule has 0 bridgehead atoms. The summed E-state index contributed by atoms with van der Waals surface area (Å²) in [5, 5.41) is 5.48. The number of amides is 4. The Morgan fingerprint density at radius 3 is 2.73 bits per heavy atom. The molecule has 2 aliphatic rings. The van der Waals surface area contributed by atoms with Gasteiger partial charge in [0.1, 0.15) is 5.54 Å². The molecule has 4 rings (SSSR count). The molecule has 8 heteroatoms.